The zero-order chi connectivity index (χ0) is 13.7. The monoisotopic (exact) mass is 265 g/mol. The topological polar surface area (TPSA) is 57.6 Å². The lowest BCUT2D eigenvalue weighted by Crippen LogP contribution is -2.60. The van der Waals surface area contributed by atoms with E-state index < -0.39 is 12.0 Å². The molecule has 19 heavy (non-hydrogen) atoms. The van der Waals surface area contributed by atoms with Crippen molar-refractivity contribution in [1.82, 2.24) is 4.90 Å². The Kier molecular flexibility index (Phi) is 3.06. The van der Waals surface area contributed by atoms with Crippen molar-refractivity contribution in [2.75, 3.05) is 0 Å². The van der Waals surface area contributed by atoms with Crippen LogP contribution in [-0.2, 0) is 9.59 Å². The Morgan fingerprint density at radius 2 is 1.53 bits per heavy atom. The minimum Gasteiger partial charge on any atom is -0.480 e. The van der Waals surface area contributed by atoms with Gasteiger partial charge in [0.25, 0.3) is 0 Å². The van der Waals surface area contributed by atoms with Crippen molar-refractivity contribution >= 4 is 11.9 Å². The third-order valence-electron chi connectivity index (χ3n) is 5.64. The first kappa shape index (κ1) is 12.9. The molecular formula is C15H23NO3. The summed E-state index contributed by atoms with van der Waals surface area (Å²) in [6.45, 7) is 3.17. The summed E-state index contributed by atoms with van der Waals surface area (Å²) in [5, 5.41) is 9.26. The molecule has 4 fully saturated rings. The second-order valence-electron chi connectivity index (χ2n) is 6.86. The molecule has 0 aromatic carbocycles. The molecule has 1 atom stereocenters. The molecule has 0 heterocycles. The van der Waals surface area contributed by atoms with Gasteiger partial charge in [-0.15, -0.1) is 0 Å². The van der Waals surface area contributed by atoms with Gasteiger partial charge in [0.1, 0.15) is 6.04 Å². The van der Waals surface area contributed by atoms with Crippen LogP contribution < -0.4 is 0 Å². The summed E-state index contributed by atoms with van der Waals surface area (Å²) in [7, 11) is 0. The molecule has 4 saturated carbocycles. The van der Waals surface area contributed by atoms with Gasteiger partial charge in [0, 0.05) is 13.0 Å². The fraction of sp³-hybridized carbons (Fsp3) is 0.867. The van der Waals surface area contributed by atoms with E-state index in [1.165, 1.54) is 39.0 Å². The molecule has 1 amide bonds. The van der Waals surface area contributed by atoms with Gasteiger partial charge >= 0.3 is 5.97 Å². The molecule has 4 heteroatoms. The molecule has 4 rings (SSSR count). The average Bonchev–Trinajstić information content (AvgIpc) is 2.31. The second kappa shape index (κ2) is 4.50. The Balaban J connectivity index is 1.86. The predicted molar refractivity (Wildman–Crippen MR) is 70.5 cm³/mol. The number of aliphatic carboxylic acids is 1. The third-order valence-corrected chi connectivity index (χ3v) is 5.64. The van der Waals surface area contributed by atoms with E-state index in [0.717, 1.165) is 11.8 Å². The molecule has 0 aromatic rings. The molecule has 4 aliphatic rings. The van der Waals surface area contributed by atoms with E-state index in [0.29, 0.717) is 11.8 Å². The number of hydrogen-bond acceptors (Lipinski definition) is 2. The Morgan fingerprint density at radius 1 is 1.05 bits per heavy atom. The number of amides is 1. The van der Waals surface area contributed by atoms with Crippen molar-refractivity contribution in [1.29, 1.82) is 0 Å². The van der Waals surface area contributed by atoms with E-state index in [1.54, 1.807) is 11.8 Å². The van der Waals surface area contributed by atoms with Gasteiger partial charge in [0.15, 0.2) is 0 Å². The van der Waals surface area contributed by atoms with Crippen LogP contribution in [0.1, 0.15) is 46.0 Å². The van der Waals surface area contributed by atoms with Gasteiger partial charge in [-0.3, -0.25) is 4.79 Å². The van der Waals surface area contributed by atoms with Gasteiger partial charge in [-0.2, -0.15) is 0 Å². The molecule has 0 spiro atoms. The van der Waals surface area contributed by atoms with Crippen molar-refractivity contribution in [3.05, 3.63) is 0 Å². The van der Waals surface area contributed by atoms with Crippen LogP contribution in [0.5, 0.6) is 0 Å². The minimum absolute atomic E-state index is 0.0765. The zero-order valence-electron chi connectivity index (χ0n) is 11.7. The van der Waals surface area contributed by atoms with Crippen LogP contribution in [0.15, 0.2) is 0 Å². The first-order chi connectivity index (χ1) is 8.97. The number of hydrogen-bond donors (Lipinski definition) is 1. The summed E-state index contributed by atoms with van der Waals surface area (Å²) in [5.74, 6) is 1.81. The molecule has 0 saturated heterocycles. The highest BCUT2D eigenvalue weighted by atomic mass is 16.4. The van der Waals surface area contributed by atoms with E-state index in [-0.39, 0.29) is 11.9 Å². The van der Waals surface area contributed by atoms with Crippen molar-refractivity contribution in [3.8, 4) is 0 Å². The summed E-state index contributed by atoms with van der Waals surface area (Å²) in [4.78, 5) is 24.9. The van der Waals surface area contributed by atoms with Gasteiger partial charge in [-0.1, -0.05) is 0 Å². The van der Waals surface area contributed by atoms with E-state index in [2.05, 4.69) is 0 Å². The summed E-state index contributed by atoms with van der Waals surface area (Å²) in [6.07, 6.45) is 6.18. The molecule has 0 aromatic heterocycles. The summed E-state index contributed by atoms with van der Waals surface area (Å²) in [6, 6.07) is -0.517. The fourth-order valence-corrected chi connectivity index (χ4v) is 5.21. The highest BCUT2D eigenvalue weighted by Gasteiger charge is 2.51. The van der Waals surface area contributed by atoms with Crippen LogP contribution in [-0.4, -0.2) is 34.0 Å². The first-order valence-electron chi connectivity index (χ1n) is 7.49. The maximum absolute atomic E-state index is 12.0. The molecule has 1 unspecified atom stereocenters. The average molecular weight is 265 g/mol. The molecule has 4 nitrogen and oxygen atoms in total. The largest absolute Gasteiger partial charge is 0.480 e. The Bertz CT molecular complexity index is 378. The van der Waals surface area contributed by atoms with Gasteiger partial charge in [0.05, 0.1) is 0 Å². The van der Waals surface area contributed by atoms with Crippen molar-refractivity contribution in [2.24, 2.45) is 23.7 Å². The molecule has 1 N–H and O–H groups in total. The van der Waals surface area contributed by atoms with Crippen molar-refractivity contribution in [3.63, 3.8) is 0 Å². The standard InChI is InChI=1S/C15H23NO3/c1-8(15(18)19)16(9(2)17)14-12-4-10-3-11(6-12)7-13(14)5-10/h8,10-14H,3-7H2,1-2H3,(H,18,19). The normalized spacial score (nSPS) is 41.1. The van der Waals surface area contributed by atoms with Crippen LogP contribution in [0.2, 0.25) is 0 Å². The van der Waals surface area contributed by atoms with Crippen molar-refractivity contribution < 1.29 is 14.7 Å². The number of rotatable bonds is 3. The summed E-state index contributed by atoms with van der Waals surface area (Å²) < 4.78 is 0. The SMILES string of the molecule is CC(=O)N(C(C)C(=O)O)C1C2CC3CC(C2)CC1C3. The maximum atomic E-state index is 12.0. The van der Waals surface area contributed by atoms with Crippen molar-refractivity contribution in [2.45, 2.75) is 58.0 Å². The maximum Gasteiger partial charge on any atom is 0.326 e. The lowest BCUT2D eigenvalue weighted by Gasteiger charge is -2.57. The molecule has 0 aliphatic heterocycles. The highest BCUT2D eigenvalue weighted by molar-refractivity contribution is 5.82. The Morgan fingerprint density at radius 3 is 1.89 bits per heavy atom. The number of carbonyl (C=O) groups is 2. The van der Waals surface area contributed by atoms with Crippen LogP contribution in [0.3, 0.4) is 0 Å². The lowest BCUT2D eigenvalue weighted by molar-refractivity contribution is -0.159. The van der Waals surface area contributed by atoms with Gasteiger partial charge in [-0.05, 0) is 62.7 Å². The smallest absolute Gasteiger partial charge is 0.326 e. The molecule has 106 valence electrons. The zero-order valence-corrected chi connectivity index (χ0v) is 11.7. The number of carboxylic acid groups (broad SMARTS) is 1. The highest BCUT2D eigenvalue weighted by Crippen LogP contribution is 2.55. The summed E-state index contributed by atoms with van der Waals surface area (Å²) in [5.41, 5.74) is 0. The second-order valence-corrected chi connectivity index (χ2v) is 6.86. The van der Waals surface area contributed by atoms with E-state index >= 15 is 0 Å². The molecule has 4 bridgehead atoms. The van der Waals surface area contributed by atoms with Crippen LogP contribution in [0.4, 0.5) is 0 Å². The van der Waals surface area contributed by atoms with Crippen LogP contribution in [0, 0.1) is 23.7 Å². The molecular weight excluding hydrogens is 242 g/mol. The van der Waals surface area contributed by atoms with Crippen LogP contribution >= 0.6 is 0 Å². The van der Waals surface area contributed by atoms with Gasteiger partial charge in [-0.25, -0.2) is 4.79 Å². The first-order valence-corrected chi connectivity index (χ1v) is 7.49. The predicted octanol–water partition coefficient (Wildman–Crippen LogP) is 2.13. The third kappa shape index (κ3) is 2.05. The minimum atomic E-state index is -0.885. The van der Waals surface area contributed by atoms with Gasteiger partial charge in [0.2, 0.25) is 5.91 Å². The van der Waals surface area contributed by atoms with E-state index in [9.17, 15) is 14.7 Å². The number of nitrogens with zero attached hydrogens (tertiary/aromatic N) is 1. The molecule has 0 radical (unpaired) electrons. The lowest BCUT2D eigenvalue weighted by atomic mass is 9.53. The Labute approximate surface area is 114 Å². The van der Waals surface area contributed by atoms with E-state index in [1.807, 2.05) is 0 Å². The molecule has 4 aliphatic carbocycles. The number of carboxylic acids is 1. The summed E-state index contributed by atoms with van der Waals surface area (Å²) >= 11 is 0. The van der Waals surface area contributed by atoms with Crippen LogP contribution in [0.25, 0.3) is 0 Å². The fourth-order valence-electron chi connectivity index (χ4n) is 5.21. The van der Waals surface area contributed by atoms with Gasteiger partial charge < -0.3 is 10.0 Å². The Hall–Kier alpha value is -1.06. The quantitative estimate of drug-likeness (QED) is 0.850. The van der Waals surface area contributed by atoms with E-state index in [4.69, 9.17) is 0 Å². The number of carbonyl (C=O) groups excluding carboxylic acids is 1.